The van der Waals surface area contributed by atoms with E-state index >= 15 is 0 Å². The second-order valence-corrected chi connectivity index (χ2v) is 8.20. The second-order valence-electron chi connectivity index (χ2n) is 7.79. The Kier molecular flexibility index (Phi) is 8.16. The fourth-order valence-electron chi connectivity index (χ4n) is 3.50. The van der Waals surface area contributed by atoms with E-state index in [1.165, 1.54) is 6.92 Å². The van der Waals surface area contributed by atoms with Crippen molar-refractivity contribution in [3.8, 4) is 5.69 Å². The maximum Gasteiger partial charge on any atom is 0.431 e. The highest BCUT2D eigenvalue weighted by atomic mass is 35.5. The van der Waals surface area contributed by atoms with E-state index in [9.17, 15) is 41.8 Å². The third-order valence-electron chi connectivity index (χ3n) is 5.22. The van der Waals surface area contributed by atoms with Crippen LogP contribution in [-0.4, -0.2) is 67.7 Å². The molecule has 2 aromatic rings. The van der Waals surface area contributed by atoms with Crippen molar-refractivity contribution >= 4 is 35.2 Å². The Bertz CT molecular complexity index is 1420. The number of ether oxygens (including phenoxy) is 2. The molecular weight excluding hydrogens is 548 g/mol. The lowest BCUT2D eigenvalue weighted by Crippen LogP contribution is -2.41. The minimum atomic E-state index is -5.04. The number of carbonyl (C=O) groups is 2. The number of aliphatic hydroxyl groups is 1. The van der Waals surface area contributed by atoms with Gasteiger partial charge in [-0.05, 0) is 19.1 Å². The van der Waals surface area contributed by atoms with E-state index < -0.39 is 88.6 Å². The molecule has 1 saturated heterocycles. The van der Waals surface area contributed by atoms with Gasteiger partial charge < -0.3 is 19.7 Å². The van der Waals surface area contributed by atoms with Crippen molar-refractivity contribution in [2.75, 3.05) is 13.2 Å². The zero-order valence-corrected chi connectivity index (χ0v) is 20.3. The third-order valence-corrected chi connectivity index (χ3v) is 5.52. The lowest BCUT2D eigenvalue weighted by molar-refractivity contribution is -0.146. The number of aliphatic carboxylic acids is 1. The molecule has 1 aromatic heterocycles. The number of esters is 1. The van der Waals surface area contributed by atoms with E-state index in [0.717, 1.165) is 18.0 Å². The number of carboxylic acid groups (broad SMARTS) is 1. The summed E-state index contributed by atoms with van der Waals surface area (Å²) in [4.78, 5) is 53.0. The van der Waals surface area contributed by atoms with Crippen LogP contribution in [-0.2, 0) is 32.3 Å². The number of nitrogens with zero attached hydrogens (tertiary/aromatic N) is 4. The van der Waals surface area contributed by atoms with E-state index in [1.807, 2.05) is 0 Å². The molecule has 1 aliphatic heterocycles. The summed E-state index contributed by atoms with van der Waals surface area (Å²) in [5.41, 5.74) is -5.80. The fraction of sp³-hybridized carbons (Fsp3) is 0.381. The van der Waals surface area contributed by atoms with Gasteiger partial charge in [0.15, 0.2) is 12.3 Å². The van der Waals surface area contributed by atoms with Gasteiger partial charge in [-0.15, -0.1) is 0 Å². The van der Waals surface area contributed by atoms with Gasteiger partial charge in [0.25, 0.3) is 11.6 Å². The predicted molar refractivity (Wildman–Crippen MR) is 121 cm³/mol. The van der Waals surface area contributed by atoms with Gasteiger partial charge >= 0.3 is 23.8 Å². The Morgan fingerprint density at radius 2 is 1.89 bits per heavy atom. The Labute approximate surface area is 214 Å². The van der Waals surface area contributed by atoms with Crippen molar-refractivity contribution in [2.45, 2.75) is 31.9 Å². The van der Waals surface area contributed by atoms with Crippen LogP contribution in [0.5, 0.6) is 0 Å². The summed E-state index contributed by atoms with van der Waals surface area (Å²) in [6, 6.07) is 0.942. The number of hydrogen-bond acceptors (Lipinski definition) is 8. The first kappa shape index (κ1) is 28.6. The number of amidine groups is 1. The summed E-state index contributed by atoms with van der Waals surface area (Å²) in [6.07, 6.45) is -8.84. The van der Waals surface area contributed by atoms with E-state index in [1.54, 1.807) is 0 Å². The van der Waals surface area contributed by atoms with Gasteiger partial charge in [0.05, 0.1) is 29.4 Å². The smallest absolute Gasteiger partial charge is 0.431 e. The molecule has 1 fully saturated rings. The van der Waals surface area contributed by atoms with Crippen LogP contribution < -0.4 is 11.2 Å². The molecule has 0 bridgehead atoms. The number of halogens is 5. The summed E-state index contributed by atoms with van der Waals surface area (Å²) < 4.78 is 64.7. The molecule has 1 aromatic carbocycles. The number of aliphatic hydroxyl groups excluding tert-OH is 1. The second kappa shape index (κ2) is 10.8. The zero-order valence-electron chi connectivity index (χ0n) is 19.5. The Hall–Kier alpha value is -3.92. The van der Waals surface area contributed by atoms with E-state index in [2.05, 4.69) is 4.99 Å². The molecule has 17 heteroatoms. The molecule has 206 valence electrons. The minimum absolute atomic E-state index is 0.0152. The molecule has 0 saturated carbocycles. The highest BCUT2D eigenvalue weighted by molar-refractivity contribution is 6.33. The number of aliphatic imine (C=N–C) groups is 1. The first-order chi connectivity index (χ1) is 17.6. The molecule has 2 atom stereocenters. The van der Waals surface area contributed by atoms with Crippen LogP contribution in [0.1, 0.15) is 19.0 Å². The summed E-state index contributed by atoms with van der Waals surface area (Å²) >= 11 is 6.03. The number of benzene rings is 1. The molecule has 12 nitrogen and oxygen atoms in total. The largest absolute Gasteiger partial charge is 0.481 e. The maximum atomic E-state index is 14.8. The van der Waals surface area contributed by atoms with Crippen molar-refractivity contribution in [1.82, 2.24) is 14.0 Å². The monoisotopic (exact) mass is 566 g/mol. The van der Waals surface area contributed by atoms with Crippen LogP contribution in [0.15, 0.2) is 32.8 Å². The SMILES string of the molecule is CCOC(=O)CN1C(=Nc2cc(-n3c(=O)cc(C(F)(F)F)n(C)c3=O)c(F)cc2Cl)OC(CC(=O)O)C1O. The number of aromatic nitrogens is 2. The number of carbonyl (C=O) groups excluding carboxylic acids is 1. The van der Waals surface area contributed by atoms with Gasteiger partial charge in [0.2, 0.25) is 0 Å². The highest BCUT2D eigenvalue weighted by Gasteiger charge is 2.42. The third kappa shape index (κ3) is 5.80. The van der Waals surface area contributed by atoms with Crippen LogP contribution in [0.4, 0.5) is 23.2 Å². The normalized spacial score (nSPS) is 18.5. The van der Waals surface area contributed by atoms with Crippen LogP contribution >= 0.6 is 11.6 Å². The lowest BCUT2D eigenvalue weighted by atomic mass is 10.2. The summed E-state index contributed by atoms with van der Waals surface area (Å²) in [5, 5.41) is 19.1. The van der Waals surface area contributed by atoms with Gasteiger partial charge in [-0.1, -0.05) is 11.6 Å². The number of hydrogen-bond donors (Lipinski definition) is 2. The molecule has 0 spiro atoms. The molecule has 38 heavy (non-hydrogen) atoms. The average molecular weight is 567 g/mol. The van der Waals surface area contributed by atoms with Gasteiger partial charge in [0, 0.05) is 13.1 Å². The number of carboxylic acids is 1. The molecule has 2 heterocycles. The van der Waals surface area contributed by atoms with E-state index in [4.69, 9.17) is 26.2 Å². The van der Waals surface area contributed by atoms with Crippen molar-refractivity contribution in [1.29, 1.82) is 0 Å². The molecule has 0 radical (unpaired) electrons. The van der Waals surface area contributed by atoms with Crippen molar-refractivity contribution in [3.05, 3.63) is 55.6 Å². The van der Waals surface area contributed by atoms with Gasteiger partial charge in [-0.25, -0.2) is 13.8 Å². The number of rotatable bonds is 7. The summed E-state index contributed by atoms with van der Waals surface area (Å²) in [6.45, 7) is 0.859. The molecule has 3 rings (SSSR count). The van der Waals surface area contributed by atoms with Gasteiger partial charge in [-0.2, -0.15) is 18.2 Å². The lowest BCUT2D eigenvalue weighted by Gasteiger charge is -2.19. The van der Waals surface area contributed by atoms with Gasteiger partial charge in [0.1, 0.15) is 18.1 Å². The van der Waals surface area contributed by atoms with Gasteiger partial charge in [-0.3, -0.25) is 23.9 Å². The molecule has 1 aliphatic rings. The van der Waals surface area contributed by atoms with Crippen LogP contribution in [0.25, 0.3) is 5.69 Å². The summed E-state index contributed by atoms with van der Waals surface area (Å²) in [7, 11) is 0.736. The van der Waals surface area contributed by atoms with E-state index in [0.29, 0.717) is 6.07 Å². The molecule has 2 N–H and O–H groups in total. The average Bonchev–Trinajstić information content (AvgIpc) is 3.06. The Morgan fingerprint density at radius 3 is 2.47 bits per heavy atom. The molecule has 2 unspecified atom stereocenters. The Morgan fingerprint density at radius 1 is 1.24 bits per heavy atom. The molecular formula is C21H19ClF4N4O8. The highest BCUT2D eigenvalue weighted by Crippen LogP contribution is 2.32. The van der Waals surface area contributed by atoms with Crippen LogP contribution in [0.2, 0.25) is 5.02 Å². The predicted octanol–water partition coefficient (Wildman–Crippen LogP) is 1.39. The fourth-order valence-corrected chi connectivity index (χ4v) is 3.69. The van der Waals surface area contributed by atoms with Crippen LogP contribution in [0, 0.1) is 5.82 Å². The van der Waals surface area contributed by atoms with Crippen molar-refractivity contribution < 1.29 is 46.8 Å². The quantitative estimate of drug-likeness (QED) is 0.374. The first-order valence-corrected chi connectivity index (χ1v) is 11.0. The number of alkyl halides is 3. The maximum absolute atomic E-state index is 14.8. The molecule has 0 aliphatic carbocycles. The topological polar surface area (TPSA) is 153 Å². The Balaban J connectivity index is 2.15. The minimum Gasteiger partial charge on any atom is -0.481 e. The first-order valence-electron chi connectivity index (χ1n) is 10.6. The van der Waals surface area contributed by atoms with Crippen molar-refractivity contribution in [3.63, 3.8) is 0 Å². The standard InChI is InChI=1S/C21H19ClF4N4O8/c1-3-37-17(34)8-29-18(35)13(6-16(32)33)38-19(29)27-11-5-12(10(23)4-9(11)22)30-15(31)7-14(21(24,25)26)28(2)20(30)36/h4-5,7,13,18,35H,3,6,8H2,1-2H3,(H,32,33). The van der Waals surface area contributed by atoms with Crippen LogP contribution in [0.3, 0.4) is 0 Å². The summed E-state index contributed by atoms with van der Waals surface area (Å²) in [5.74, 6) is -3.46. The van der Waals surface area contributed by atoms with Crippen molar-refractivity contribution in [2.24, 2.45) is 12.0 Å². The van der Waals surface area contributed by atoms with E-state index in [-0.39, 0.29) is 21.8 Å². The molecule has 0 amide bonds. The zero-order chi connectivity index (χ0) is 28.5.